The number of hydrogen-bond donors (Lipinski definition) is 0. The van der Waals surface area contributed by atoms with Crippen molar-refractivity contribution in [3.63, 3.8) is 0 Å². The highest BCUT2D eigenvalue weighted by molar-refractivity contribution is 5.65. The third-order valence-corrected chi connectivity index (χ3v) is 13.0. The molecule has 10 aromatic carbocycles. The van der Waals surface area contributed by atoms with Crippen molar-refractivity contribution >= 4 is 0 Å². The van der Waals surface area contributed by atoms with Gasteiger partial charge in [0, 0.05) is 16.7 Å². The quantitative estimate of drug-likeness (QED) is 0.100. The second kappa shape index (κ2) is 20.2. The second-order valence-electron chi connectivity index (χ2n) is 17.1. The van der Waals surface area contributed by atoms with E-state index in [1.54, 1.807) is 0 Å². The Morgan fingerprint density at radius 2 is 0.304 bits per heavy atom. The van der Waals surface area contributed by atoms with E-state index in [9.17, 15) is 0 Å². The summed E-state index contributed by atoms with van der Waals surface area (Å²) in [5.41, 5.74) is 9.85. The average Bonchev–Trinajstić information content (AvgIpc) is 3.44. The van der Waals surface area contributed by atoms with Crippen molar-refractivity contribution in [2.24, 2.45) is 0 Å². The van der Waals surface area contributed by atoms with Crippen molar-refractivity contribution in [2.45, 2.75) is 16.2 Å². The minimum atomic E-state index is -0.788. The molecule has 10 rings (SSSR count). The van der Waals surface area contributed by atoms with E-state index in [0.717, 1.165) is 66.8 Å². The van der Waals surface area contributed by atoms with Gasteiger partial charge in [0.2, 0.25) is 0 Å². The minimum absolute atomic E-state index is 0.788. The maximum Gasteiger partial charge on any atom is 0.107 e. The van der Waals surface area contributed by atoms with Gasteiger partial charge >= 0.3 is 0 Å². The lowest BCUT2D eigenvalue weighted by atomic mass is 9.69. The molecule has 0 unspecified atom stereocenters. The van der Waals surface area contributed by atoms with Gasteiger partial charge in [0.05, 0.1) is 0 Å². The molecule has 0 aromatic heterocycles. The zero-order chi connectivity index (χ0) is 46.6. The Morgan fingerprint density at radius 3 is 0.435 bits per heavy atom. The lowest BCUT2D eigenvalue weighted by Gasteiger charge is -2.31. The molecule has 0 aliphatic carbocycles. The molecule has 0 atom stereocenters. The molecule has 0 aliphatic heterocycles. The van der Waals surface area contributed by atoms with E-state index in [-0.39, 0.29) is 0 Å². The fraction of sp³-hybridized carbons (Fsp3) is 0.0435. The lowest BCUT2D eigenvalue weighted by molar-refractivity contribution is 0.809. The van der Waals surface area contributed by atoms with Crippen LogP contribution >= 0.6 is 0 Å². The van der Waals surface area contributed by atoms with Gasteiger partial charge in [-0.25, -0.2) is 0 Å². The summed E-state index contributed by atoms with van der Waals surface area (Å²) in [5.74, 6) is 23.0. The van der Waals surface area contributed by atoms with Gasteiger partial charge in [0.25, 0.3) is 0 Å². The van der Waals surface area contributed by atoms with E-state index >= 15 is 0 Å². The van der Waals surface area contributed by atoms with Gasteiger partial charge in [-0.15, -0.1) is 0 Å². The minimum Gasteiger partial charge on any atom is -0.0765 e. The fourth-order valence-corrected chi connectivity index (χ4v) is 9.68. The molecule has 10 aromatic rings. The van der Waals surface area contributed by atoms with Crippen molar-refractivity contribution in [1.82, 2.24) is 0 Å². The Hall–Kier alpha value is -9.12. The van der Waals surface area contributed by atoms with E-state index in [4.69, 9.17) is 0 Å². The Labute approximate surface area is 407 Å². The van der Waals surface area contributed by atoms with Crippen LogP contribution in [0.2, 0.25) is 0 Å². The molecule has 69 heavy (non-hydrogen) atoms. The molecule has 324 valence electrons. The van der Waals surface area contributed by atoms with E-state index in [2.05, 4.69) is 327 Å². The smallest absolute Gasteiger partial charge is 0.0765 e. The summed E-state index contributed by atoms with van der Waals surface area (Å²) < 4.78 is 0. The Balaban J connectivity index is 1.25. The van der Waals surface area contributed by atoms with Gasteiger partial charge in [-0.05, 0) is 68.3 Å². The Kier molecular flexibility index (Phi) is 12.8. The van der Waals surface area contributed by atoms with Crippen LogP contribution in [0.1, 0.15) is 66.8 Å². The zero-order valence-electron chi connectivity index (χ0n) is 38.2. The molecule has 0 heterocycles. The first-order valence-electron chi connectivity index (χ1n) is 23.4. The van der Waals surface area contributed by atoms with Gasteiger partial charge in [0.1, 0.15) is 16.2 Å². The van der Waals surface area contributed by atoms with Crippen molar-refractivity contribution in [3.8, 4) is 35.5 Å². The topological polar surface area (TPSA) is 0 Å². The molecule has 0 N–H and O–H groups in total. The molecule has 0 radical (unpaired) electrons. The van der Waals surface area contributed by atoms with Crippen LogP contribution in [0.4, 0.5) is 0 Å². The first-order valence-corrected chi connectivity index (χ1v) is 23.4. The van der Waals surface area contributed by atoms with Crippen LogP contribution in [0.25, 0.3) is 0 Å². The summed E-state index contributed by atoms with van der Waals surface area (Å²) >= 11 is 0. The molecular weight excluding hydrogens is 829 g/mol. The maximum absolute atomic E-state index is 3.91. The molecule has 0 saturated heterocycles. The van der Waals surface area contributed by atoms with E-state index in [1.807, 2.05) is 0 Å². The number of benzene rings is 10. The molecule has 0 bridgehead atoms. The average molecular weight is 877 g/mol. The summed E-state index contributed by atoms with van der Waals surface area (Å²) in [6.07, 6.45) is 0. The van der Waals surface area contributed by atoms with Crippen molar-refractivity contribution in [2.75, 3.05) is 0 Å². The fourth-order valence-electron chi connectivity index (χ4n) is 9.68. The molecule has 0 aliphatic rings. The predicted molar refractivity (Wildman–Crippen MR) is 285 cm³/mol. The first kappa shape index (κ1) is 43.8. The molecule has 0 saturated carbocycles. The summed E-state index contributed by atoms with van der Waals surface area (Å²) in [6, 6.07) is 102. The summed E-state index contributed by atoms with van der Waals surface area (Å²) in [6.45, 7) is 0. The zero-order valence-corrected chi connectivity index (χ0v) is 38.2. The van der Waals surface area contributed by atoms with Crippen molar-refractivity contribution in [1.29, 1.82) is 0 Å². The van der Waals surface area contributed by atoms with Crippen molar-refractivity contribution < 1.29 is 0 Å². The van der Waals surface area contributed by atoms with Crippen LogP contribution in [0, 0.1) is 35.5 Å². The van der Waals surface area contributed by atoms with Crippen LogP contribution in [-0.4, -0.2) is 0 Å². The van der Waals surface area contributed by atoms with Crippen LogP contribution < -0.4 is 0 Å². The molecule has 0 fully saturated rings. The SMILES string of the molecule is C(#CC(c1ccccc1)(c1ccccc1)c1ccccc1)c1cc(C#CC(c2ccccc2)(c2ccccc2)c2ccccc2)cc(C#CC(c2ccccc2)(c2ccccc2)c2ccccc2)c1. The predicted octanol–water partition coefficient (Wildman–Crippen LogP) is 14.8. The van der Waals surface area contributed by atoms with Gasteiger partial charge in [-0.2, -0.15) is 0 Å². The molecular formula is C69H48. The molecule has 0 amide bonds. The van der Waals surface area contributed by atoms with Crippen LogP contribution in [0.5, 0.6) is 0 Å². The van der Waals surface area contributed by atoms with E-state index < -0.39 is 16.2 Å². The van der Waals surface area contributed by atoms with Gasteiger partial charge in [0.15, 0.2) is 0 Å². The van der Waals surface area contributed by atoms with Crippen molar-refractivity contribution in [3.05, 3.63) is 358 Å². The van der Waals surface area contributed by atoms with Gasteiger partial charge in [-0.1, -0.05) is 309 Å². The molecule has 0 heteroatoms. The highest BCUT2D eigenvalue weighted by atomic mass is 14.4. The van der Waals surface area contributed by atoms with Gasteiger partial charge in [-0.3, -0.25) is 0 Å². The Morgan fingerprint density at radius 1 is 0.174 bits per heavy atom. The number of rotatable bonds is 9. The molecule has 0 nitrogen and oxygen atoms in total. The maximum atomic E-state index is 3.91. The third kappa shape index (κ3) is 8.83. The highest BCUT2D eigenvalue weighted by Gasteiger charge is 2.37. The van der Waals surface area contributed by atoms with Crippen LogP contribution in [-0.2, 0) is 16.2 Å². The standard InChI is InChI=1S/C69H48/c1-10-28-58(29-11-1)67(59-30-12-2-13-31-59,60-32-14-3-15-33-60)49-46-55-52-56(47-50-68(61-34-16-4-17-35-61,62-36-18-5-19-37-62)63-38-20-6-21-39-63)54-57(53-55)48-51-69(64-40-22-7-23-41-64,65-42-24-8-25-43-65)66-44-26-9-27-45-66/h1-45,52-54H. The number of hydrogen-bond acceptors (Lipinski definition) is 0. The van der Waals surface area contributed by atoms with Gasteiger partial charge < -0.3 is 0 Å². The third-order valence-electron chi connectivity index (χ3n) is 13.0. The first-order chi connectivity index (χ1) is 34.2. The van der Waals surface area contributed by atoms with Crippen LogP contribution in [0.15, 0.2) is 291 Å². The Bertz CT molecular complexity index is 2760. The summed E-state index contributed by atoms with van der Waals surface area (Å²) in [7, 11) is 0. The summed E-state index contributed by atoms with van der Waals surface area (Å²) in [4.78, 5) is 0. The largest absolute Gasteiger partial charge is 0.107 e. The monoisotopic (exact) mass is 876 g/mol. The lowest BCUT2D eigenvalue weighted by Crippen LogP contribution is -2.27. The second-order valence-corrected chi connectivity index (χ2v) is 17.1. The molecule has 0 spiro atoms. The normalized spacial score (nSPS) is 11.1. The highest BCUT2D eigenvalue weighted by Crippen LogP contribution is 2.42. The van der Waals surface area contributed by atoms with E-state index in [0.29, 0.717) is 0 Å². The van der Waals surface area contributed by atoms with E-state index in [1.165, 1.54) is 0 Å². The summed E-state index contributed by atoms with van der Waals surface area (Å²) in [5, 5.41) is 0. The van der Waals surface area contributed by atoms with Crippen LogP contribution in [0.3, 0.4) is 0 Å².